The summed E-state index contributed by atoms with van der Waals surface area (Å²) in [5.74, 6) is 1.45. The van der Waals surface area contributed by atoms with Crippen molar-refractivity contribution in [3.05, 3.63) is 65.2 Å². The van der Waals surface area contributed by atoms with Gasteiger partial charge in [0, 0.05) is 49.2 Å². The Morgan fingerprint density at radius 3 is 2.68 bits per heavy atom. The molecule has 2 aliphatic rings. The van der Waals surface area contributed by atoms with Crippen LogP contribution < -0.4 is 15.5 Å². The molecule has 6 nitrogen and oxygen atoms in total. The van der Waals surface area contributed by atoms with Crippen molar-refractivity contribution in [2.75, 3.05) is 41.8 Å². The van der Waals surface area contributed by atoms with Gasteiger partial charge in [0.1, 0.15) is 11.6 Å². The number of aromatic nitrogens is 2. The van der Waals surface area contributed by atoms with Gasteiger partial charge in [-0.1, -0.05) is 36.6 Å². The summed E-state index contributed by atoms with van der Waals surface area (Å²) >= 11 is 6.57. The summed E-state index contributed by atoms with van der Waals surface area (Å²) in [7, 11) is 0. The van der Waals surface area contributed by atoms with Crippen LogP contribution in [0.3, 0.4) is 0 Å². The van der Waals surface area contributed by atoms with Gasteiger partial charge in [-0.25, -0.2) is 14.4 Å². The quantitative estimate of drug-likeness (QED) is 0.448. The lowest BCUT2D eigenvalue weighted by molar-refractivity contribution is 0.122. The van der Waals surface area contributed by atoms with Crippen LogP contribution in [0.25, 0.3) is 11.1 Å². The second kappa shape index (κ2) is 10.6. The summed E-state index contributed by atoms with van der Waals surface area (Å²) in [5.41, 5.74) is 3.53. The van der Waals surface area contributed by atoms with Crippen LogP contribution in [-0.2, 0) is 11.3 Å². The molecule has 3 heterocycles. The highest BCUT2D eigenvalue weighted by atomic mass is 35.5. The third-order valence-electron chi connectivity index (χ3n) is 6.42. The number of nitrogens with zero attached hydrogens (tertiary/aromatic N) is 3. The molecule has 1 aliphatic carbocycles. The van der Waals surface area contributed by atoms with Crippen LogP contribution in [-0.4, -0.2) is 42.3 Å². The molecule has 8 heteroatoms. The second-order valence-corrected chi connectivity index (χ2v) is 9.26. The molecule has 0 amide bonds. The summed E-state index contributed by atoms with van der Waals surface area (Å²) in [6, 6.07) is 11.2. The summed E-state index contributed by atoms with van der Waals surface area (Å²) in [4.78, 5) is 11.5. The van der Waals surface area contributed by atoms with Crippen LogP contribution >= 0.6 is 11.6 Å². The molecule has 0 radical (unpaired) electrons. The van der Waals surface area contributed by atoms with Gasteiger partial charge < -0.3 is 20.3 Å². The van der Waals surface area contributed by atoms with E-state index in [4.69, 9.17) is 21.3 Å². The van der Waals surface area contributed by atoms with E-state index in [-0.39, 0.29) is 5.82 Å². The van der Waals surface area contributed by atoms with E-state index in [1.54, 1.807) is 18.3 Å². The lowest BCUT2D eigenvalue weighted by atomic mass is 10.1. The van der Waals surface area contributed by atoms with Crippen LogP contribution in [0.1, 0.15) is 31.2 Å². The molecular formula is C26H29ClFN5O. The molecule has 3 aromatic rings. The van der Waals surface area contributed by atoms with Crippen molar-refractivity contribution in [2.45, 2.75) is 38.3 Å². The monoisotopic (exact) mass is 481 g/mol. The van der Waals surface area contributed by atoms with Crippen molar-refractivity contribution in [2.24, 2.45) is 0 Å². The number of halogens is 2. The molecule has 1 saturated heterocycles. The Bertz CT molecular complexity index is 1130. The predicted octanol–water partition coefficient (Wildman–Crippen LogP) is 5.74. The number of benzene rings is 1. The number of nitrogens with one attached hydrogen (secondary N) is 2. The van der Waals surface area contributed by atoms with Crippen molar-refractivity contribution in [3.63, 3.8) is 0 Å². The number of pyridine rings is 2. The largest absolute Gasteiger partial charge is 0.378 e. The molecule has 1 aromatic carbocycles. The zero-order chi connectivity index (χ0) is 23.3. The van der Waals surface area contributed by atoms with Crippen molar-refractivity contribution in [1.29, 1.82) is 0 Å². The van der Waals surface area contributed by atoms with E-state index in [2.05, 4.69) is 26.6 Å². The highest BCUT2D eigenvalue weighted by Gasteiger charge is 2.19. The maximum absolute atomic E-state index is 13.7. The van der Waals surface area contributed by atoms with Crippen LogP contribution in [0.15, 0.2) is 48.8 Å². The Morgan fingerprint density at radius 2 is 1.88 bits per heavy atom. The number of anilines is 3. The van der Waals surface area contributed by atoms with Crippen LogP contribution in [0.4, 0.5) is 21.7 Å². The molecule has 0 unspecified atom stereocenters. The average molecular weight is 482 g/mol. The van der Waals surface area contributed by atoms with E-state index < -0.39 is 0 Å². The molecule has 2 aromatic heterocycles. The molecular weight excluding hydrogens is 453 g/mol. The third-order valence-corrected chi connectivity index (χ3v) is 6.72. The maximum Gasteiger partial charge on any atom is 0.152 e. The minimum absolute atomic E-state index is 0.245. The highest BCUT2D eigenvalue weighted by Crippen LogP contribution is 2.35. The lowest BCUT2D eigenvalue weighted by Crippen LogP contribution is -2.37. The molecule has 34 heavy (non-hydrogen) atoms. The Morgan fingerprint density at radius 1 is 1.06 bits per heavy atom. The fourth-order valence-corrected chi connectivity index (χ4v) is 4.84. The SMILES string of the molecule is Fc1cccc(CNc2cc(-c3cc(NC4CCCC4)ncc3Cl)cnc2N2CCOCC2)c1. The normalized spacial score (nSPS) is 16.6. The highest BCUT2D eigenvalue weighted by molar-refractivity contribution is 6.33. The van der Waals surface area contributed by atoms with Gasteiger partial charge in [0.25, 0.3) is 0 Å². The second-order valence-electron chi connectivity index (χ2n) is 8.85. The molecule has 1 aliphatic heterocycles. The summed E-state index contributed by atoms with van der Waals surface area (Å²) < 4.78 is 19.2. The van der Waals surface area contributed by atoms with E-state index in [9.17, 15) is 4.39 Å². The standard InChI is InChI=1S/C26H29ClFN5O/c27-23-17-30-25(32-21-6-1-2-7-21)14-22(23)19-13-24(29-15-18-4-3-5-20(28)12-18)26(31-16-19)33-8-10-34-11-9-33/h3-5,12-14,16-17,21,29H,1-2,6-11,15H2,(H,30,32). The molecule has 1 saturated carbocycles. The summed E-state index contributed by atoms with van der Waals surface area (Å²) in [6.07, 6.45) is 8.41. The van der Waals surface area contributed by atoms with E-state index in [0.717, 1.165) is 47.1 Å². The number of hydrogen-bond donors (Lipinski definition) is 2. The van der Waals surface area contributed by atoms with E-state index in [1.807, 2.05) is 18.3 Å². The van der Waals surface area contributed by atoms with Gasteiger partial charge in [-0.05, 0) is 42.7 Å². The zero-order valence-electron chi connectivity index (χ0n) is 19.1. The summed E-state index contributed by atoms with van der Waals surface area (Å²) in [6.45, 7) is 3.36. The zero-order valence-corrected chi connectivity index (χ0v) is 19.8. The molecule has 5 rings (SSSR count). The topological polar surface area (TPSA) is 62.3 Å². The Kier molecular flexibility index (Phi) is 7.11. The maximum atomic E-state index is 13.7. The predicted molar refractivity (Wildman–Crippen MR) is 135 cm³/mol. The van der Waals surface area contributed by atoms with Crippen LogP contribution in [0, 0.1) is 5.82 Å². The number of rotatable bonds is 7. The fourth-order valence-electron chi connectivity index (χ4n) is 4.62. The minimum atomic E-state index is -0.245. The van der Waals surface area contributed by atoms with E-state index in [1.165, 1.54) is 31.7 Å². The minimum Gasteiger partial charge on any atom is -0.378 e. The van der Waals surface area contributed by atoms with E-state index >= 15 is 0 Å². The van der Waals surface area contributed by atoms with Gasteiger partial charge >= 0.3 is 0 Å². The first-order valence-electron chi connectivity index (χ1n) is 11.9. The van der Waals surface area contributed by atoms with Gasteiger partial charge in [-0.2, -0.15) is 0 Å². The molecule has 0 spiro atoms. The van der Waals surface area contributed by atoms with Crippen molar-refractivity contribution in [3.8, 4) is 11.1 Å². The molecule has 0 atom stereocenters. The smallest absolute Gasteiger partial charge is 0.152 e. The molecule has 0 bridgehead atoms. The Labute approximate surface area is 204 Å². The average Bonchev–Trinajstić information content (AvgIpc) is 3.37. The number of morpholine rings is 1. The van der Waals surface area contributed by atoms with Gasteiger partial charge in [0.2, 0.25) is 0 Å². The lowest BCUT2D eigenvalue weighted by Gasteiger charge is -2.30. The van der Waals surface area contributed by atoms with Crippen LogP contribution in [0.2, 0.25) is 5.02 Å². The molecule has 2 fully saturated rings. The number of ether oxygens (including phenoxy) is 1. The number of hydrogen-bond acceptors (Lipinski definition) is 6. The van der Waals surface area contributed by atoms with Gasteiger partial charge in [0.05, 0.1) is 23.9 Å². The van der Waals surface area contributed by atoms with E-state index in [0.29, 0.717) is 30.8 Å². The Balaban J connectivity index is 1.45. The van der Waals surface area contributed by atoms with Gasteiger partial charge in [-0.15, -0.1) is 0 Å². The fraction of sp³-hybridized carbons (Fsp3) is 0.385. The first kappa shape index (κ1) is 22.9. The Hall–Kier alpha value is -2.90. The van der Waals surface area contributed by atoms with Gasteiger partial charge in [0.15, 0.2) is 5.82 Å². The summed E-state index contributed by atoms with van der Waals surface area (Å²) in [5, 5.41) is 7.59. The van der Waals surface area contributed by atoms with Crippen molar-refractivity contribution in [1.82, 2.24) is 9.97 Å². The van der Waals surface area contributed by atoms with Crippen molar-refractivity contribution < 1.29 is 9.13 Å². The third kappa shape index (κ3) is 5.42. The first-order valence-corrected chi connectivity index (χ1v) is 12.3. The first-order chi connectivity index (χ1) is 16.7. The van der Waals surface area contributed by atoms with Crippen LogP contribution in [0.5, 0.6) is 0 Å². The van der Waals surface area contributed by atoms with Crippen molar-refractivity contribution >= 4 is 28.9 Å². The molecule has 2 N–H and O–H groups in total. The van der Waals surface area contributed by atoms with Gasteiger partial charge in [-0.3, -0.25) is 0 Å². The molecule has 178 valence electrons.